The van der Waals surface area contributed by atoms with Crippen molar-refractivity contribution in [3.8, 4) is 11.4 Å². The lowest BCUT2D eigenvalue weighted by atomic mass is 10.1. The number of rotatable bonds is 6. The average Bonchev–Trinajstić information content (AvgIpc) is 3.12. The molecule has 0 bridgehead atoms. The van der Waals surface area contributed by atoms with Crippen LogP contribution in [-0.4, -0.2) is 22.2 Å². The number of hydrogen-bond acceptors (Lipinski definition) is 4. The van der Waals surface area contributed by atoms with Crippen LogP contribution in [0.2, 0.25) is 0 Å². The standard InChI is InChI=1S/C21H24N4O2/c1-4-15(3)22-21(26)23-18-7-5-6-17(13-18)20-24-19(27-25-20)12-16-10-8-14(2)9-11-16/h5-11,13,15H,4,12H2,1-3H3,(H2,22,23,26)/t15-/m0/s1. The lowest BCUT2D eigenvalue weighted by molar-refractivity contribution is 0.249. The van der Waals surface area contributed by atoms with Crippen LogP contribution >= 0.6 is 0 Å². The number of carbonyl (C=O) groups is 1. The van der Waals surface area contributed by atoms with E-state index in [4.69, 9.17) is 4.52 Å². The minimum Gasteiger partial charge on any atom is -0.339 e. The Bertz CT molecular complexity index is 903. The second-order valence-electron chi connectivity index (χ2n) is 6.66. The summed E-state index contributed by atoms with van der Waals surface area (Å²) in [5, 5.41) is 9.77. The van der Waals surface area contributed by atoms with E-state index < -0.39 is 0 Å². The summed E-state index contributed by atoms with van der Waals surface area (Å²) in [5.74, 6) is 1.06. The first-order valence-electron chi connectivity index (χ1n) is 9.09. The summed E-state index contributed by atoms with van der Waals surface area (Å²) < 4.78 is 5.38. The maximum atomic E-state index is 12.0. The largest absolute Gasteiger partial charge is 0.339 e. The fourth-order valence-electron chi connectivity index (χ4n) is 2.55. The highest BCUT2D eigenvalue weighted by Crippen LogP contribution is 2.21. The van der Waals surface area contributed by atoms with E-state index in [2.05, 4.69) is 52.0 Å². The van der Waals surface area contributed by atoms with Gasteiger partial charge in [-0.1, -0.05) is 54.0 Å². The van der Waals surface area contributed by atoms with E-state index in [1.165, 1.54) is 5.56 Å². The second kappa shape index (κ2) is 8.49. The average molecular weight is 364 g/mol. The number of aromatic nitrogens is 2. The zero-order valence-electron chi connectivity index (χ0n) is 15.8. The van der Waals surface area contributed by atoms with Crippen molar-refractivity contribution in [3.63, 3.8) is 0 Å². The van der Waals surface area contributed by atoms with E-state index >= 15 is 0 Å². The summed E-state index contributed by atoms with van der Waals surface area (Å²) in [6, 6.07) is 15.5. The number of nitrogens with zero attached hydrogens (tertiary/aromatic N) is 2. The Kier molecular flexibility index (Phi) is 5.86. The van der Waals surface area contributed by atoms with Gasteiger partial charge in [-0.2, -0.15) is 4.98 Å². The third kappa shape index (κ3) is 5.17. The first-order valence-corrected chi connectivity index (χ1v) is 9.09. The van der Waals surface area contributed by atoms with Gasteiger partial charge in [-0.25, -0.2) is 4.79 Å². The smallest absolute Gasteiger partial charge is 0.319 e. The quantitative estimate of drug-likeness (QED) is 0.672. The minimum absolute atomic E-state index is 0.120. The fourth-order valence-corrected chi connectivity index (χ4v) is 2.55. The Balaban J connectivity index is 1.69. The van der Waals surface area contributed by atoms with Crippen LogP contribution in [0.5, 0.6) is 0 Å². The molecular weight excluding hydrogens is 340 g/mol. The lowest BCUT2D eigenvalue weighted by Crippen LogP contribution is -2.35. The van der Waals surface area contributed by atoms with E-state index in [0.29, 0.717) is 23.8 Å². The van der Waals surface area contributed by atoms with Crippen LogP contribution in [0, 0.1) is 6.92 Å². The molecule has 0 unspecified atom stereocenters. The van der Waals surface area contributed by atoms with Crippen molar-refractivity contribution in [2.45, 2.75) is 39.7 Å². The molecule has 0 aliphatic rings. The van der Waals surface area contributed by atoms with Crippen LogP contribution in [-0.2, 0) is 6.42 Å². The highest BCUT2D eigenvalue weighted by Gasteiger charge is 2.11. The van der Waals surface area contributed by atoms with E-state index in [-0.39, 0.29) is 12.1 Å². The normalized spacial score (nSPS) is 11.8. The van der Waals surface area contributed by atoms with E-state index in [1.54, 1.807) is 0 Å². The summed E-state index contributed by atoms with van der Waals surface area (Å²) in [5.41, 5.74) is 3.80. The molecule has 1 aromatic heterocycles. The SMILES string of the molecule is CC[C@H](C)NC(=O)Nc1cccc(-c2noc(Cc3ccc(C)cc3)n2)c1. The first kappa shape index (κ1) is 18.6. The van der Waals surface area contributed by atoms with E-state index in [1.807, 2.05) is 38.1 Å². The fraction of sp³-hybridized carbons (Fsp3) is 0.286. The van der Waals surface area contributed by atoms with Crippen molar-refractivity contribution in [3.05, 3.63) is 65.5 Å². The van der Waals surface area contributed by atoms with Crippen LogP contribution in [0.25, 0.3) is 11.4 Å². The number of carbonyl (C=O) groups excluding carboxylic acids is 1. The van der Waals surface area contributed by atoms with Gasteiger partial charge in [-0.05, 0) is 38.0 Å². The van der Waals surface area contributed by atoms with Crippen LogP contribution in [0.3, 0.4) is 0 Å². The molecule has 1 atom stereocenters. The summed E-state index contributed by atoms with van der Waals surface area (Å²) in [6.07, 6.45) is 1.46. The number of aryl methyl sites for hydroxylation is 1. The van der Waals surface area contributed by atoms with Crippen molar-refractivity contribution < 1.29 is 9.32 Å². The lowest BCUT2D eigenvalue weighted by Gasteiger charge is -2.12. The number of amides is 2. The Morgan fingerprint density at radius 2 is 1.96 bits per heavy atom. The number of urea groups is 1. The Morgan fingerprint density at radius 3 is 2.70 bits per heavy atom. The molecule has 0 saturated carbocycles. The van der Waals surface area contributed by atoms with Gasteiger partial charge < -0.3 is 15.2 Å². The molecule has 2 N–H and O–H groups in total. The molecule has 0 spiro atoms. The maximum Gasteiger partial charge on any atom is 0.319 e. The highest BCUT2D eigenvalue weighted by atomic mass is 16.5. The number of nitrogens with one attached hydrogen (secondary N) is 2. The second-order valence-corrected chi connectivity index (χ2v) is 6.66. The molecule has 6 heteroatoms. The summed E-state index contributed by atoms with van der Waals surface area (Å²) in [6.45, 7) is 6.04. The molecule has 2 aromatic carbocycles. The van der Waals surface area contributed by atoms with Gasteiger partial charge in [-0.15, -0.1) is 0 Å². The van der Waals surface area contributed by atoms with Crippen LogP contribution < -0.4 is 10.6 Å². The molecule has 0 fully saturated rings. The van der Waals surface area contributed by atoms with Crippen molar-refractivity contribution >= 4 is 11.7 Å². The third-order valence-corrected chi connectivity index (χ3v) is 4.31. The van der Waals surface area contributed by atoms with Gasteiger partial charge >= 0.3 is 6.03 Å². The first-order chi connectivity index (χ1) is 13.0. The predicted octanol–water partition coefficient (Wildman–Crippen LogP) is 4.56. The summed E-state index contributed by atoms with van der Waals surface area (Å²) >= 11 is 0. The van der Waals surface area contributed by atoms with Crippen LogP contribution in [0.4, 0.5) is 10.5 Å². The van der Waals surface area contributed by atoms with Crippen molar-refractivity contribution in [2.24, 2.45) is 0 Å². The molecule has 140 valence electrons. The molecule has 2 amide bonds. The van der Waals surface area contributed by atoms with Gasteiger partial charge in [0.1, 0.15) is 0 Å². The van der Waals surface area contributed by atoms with Gasteiger partial charge in [0.2, 0.25) is 11.7 Å². The molecule has 3 rings (SSSR count). The van der Waals surface area contributed by atoms with E-state index in [0.717, 1.165) is 17.5 Å². The molecule has 6 nitrogen and oxygen atoms in total. The molecule has 1 heterocycles. The maximum absolute atomic E-state index is 12.0. The molecule has 0 saturated heterocycles. The van der Waals surface area contributed by atoms with Crippen molar-refractivity contribution in [2.75, 3.05) is 5.32 Å². The van der Waals surface area contributed by atoms with Crippen molar-refractivity contribution in [1.82, 2.24) is 15.5 Å². The van der Waals surface area contributed by atoms with E-state index in [9.17, 15) is 4.79 Å². The number of hydrogen-bond donors (Lipinski definition) is 2. The highest BCUT2D eigenvalue weighted by molar-refractivity contribution is 5.90. The molecule has 0 radical (unpaired) electrons. The Labute approximate surface area is 159 Å². The molecular formula is C21H24N4O2. The number of anilines is 1. The minimum atomic E-state index is -0.227. The Hall–Kier alpha value is -3.15. The number of benzene rings is 2. The predicted molar refractivity (Wildman–Crippen MR) is 106 cm³/mol. The van der Waals surface area contributed by atoms with Gasteiger partial charge in [-0.3, -0.25) is 0 Å². The zero-order chi connectivity index (χ0) is 19.2. The van der Waals surface area contributed by atoms with Crippen molar-refractivity contribution in [1.29, 1.82) is 0 Å². The molecule has 27 heavy (non-hydrogen) atoms. The van der Waals surface area contributed by atoms with Gasteiger partial charge in [0, 0.05) is 17.3 Å². The van der Waals surface area contributed by atoms with Crippen LogP contribution in [0.15, 0.2) is 53.1 Å². The summed E-state index contributed by atoms with van der Waals surface area (Å²) in [4.78, 5) is 16.5. The van der Waals surface area contributed by atoms with Crippen LogP contribution in [0.1, 0.15) is 37.3 Å². The summed E-state index contributed by atoms with van der Waals surface area (Å²) in [7, 11) is 0. The zero-order valence-corrected chi connectivity index (χ0v) is 15.8. The van der Waals surface area contributed by atoms with Gasteiger partial charge in [0.05, 0.1) is 6.42 Å². The third-order valence-electron chi connectivity index (χ3n) is 4.31. The monoisotopic (exact) mass is 364 g/mol. The van der Waals surface area contributed by atoms with Gasteiger partial charge in [0.25, 0.3) is 0 Å². The topological polar surface area (TPSA) is 80.0 Å². The molecule has 3 aromatic rings. The Morgan fingerprint density at radius 1 is 1.19 bits per heavy atom. The van der Waals surface area contributed by atoms with Gasteiger partial charge in [0.15, 0.2) is 0 Å². The molecule has 0 aliphatic heterocycles. The molecule has 0 aliphatic carbocycles.